The van der Waals surface area contributed by atoms with E-state index in [2.05, 4.69) is 4.98 Å². The summed E-state index contributed by atoms with van der Waals surface area (Å²) in [5.74, 6) is -1.41. The van der Waals surface area contributed by atoms with Crippen molar-refractivity contribution >= 4 is 11.9 Å². The molecule has 1 aromatic carbocycles. The number of carbonyl (C=O) groups is 2. The molecule has 7 nitrogen and oxygen atoms in total. The Labute approximate surface area is 170 Å². The standard InChI is InChI=1S/C22H27NO6/c1-6-27-21(26)18-16(12-17(24)29-22(3,4)5)14(2)23-20(25)19(18)28-13-15-10-8-7-9-11-15/h7-11H,6,12-13H2,1-5H3,(H,23,25). The van der Waals surface area contributed by atoms with Crippen LogP contribution in [0, 0.1) is 6.92 Å². The molecule has 0 atom stereocenters. The Morgan fingerprint density at radius 1 is 1.10 bits per heavy atom. The minimum Gasteiger partial charge on any atom is -0.482 e. The lowest BCUT2D eigenvalue weighted by Crippen LogP contribution is -2.27. The van der Waals surface area contributed by atoms with Crippen LogP contribution in [0.4, 0.5) is 0 Å². The molecule has 1 N–H and O–H groups in total. The first-order chi connectivity index (χ1) is 13.6. The van der Waals surface area contributed by atoms with E-state index in [1.807, 2.05) is 30.3 Å². The summed E-state index contributed by atoms with van der Waals surface area (Å²) in [4.78, 5) is 40.2. The molecule has 0 aliphatic heterocycles. The highest BCUT2D eigenvalue weighted by Gasteiger charge is 2.27. The zero-order valence-corrected chi connectivity index (χ0v) is 17.5. The van der Waals surface area contributed by atoms with Crippen molar-refractivity contribution in [1.82, 2.24) is 4.98 Å². The number of aromatic amines is 1. The second-order valence-corrected chi connectivity index (χ2v) is 7.52. The molecule has 0 aliphatic carbocycles. The van der Waals surface area contributed by atoms with Crippen LogP contribution in [0.1, 0.15) is 54.9 Å². The maximum atomic E-state index is 12.7. The zero-order chi connectivity index (χ0) is 21.6. The van der Waals surface area contributed by atoms with Crippen LogP contribution >= 0.6 is 0 Å². The van der Waals surface area contributed by atoms with Gasteiger partial charge >= 0.3 is 11.9 Å². The predicted octanol–water partition coefficient (Wildman–Crippen LogP) is 3.32. The zero-order valence-electron chi connectivity index (χ0n) is 17.5. The normalized spacial score (nSPS) is 11.1. The second kappa shape index (κ2) is 9.41. The van der Waals surface area contributed by atoms with Crippen molar-refractivity contribution in [2.24, 2.45) is 0 Å². The third-order valence-corrected chi connectivity index (χ3v) is 3.94. The van der Waals surface area contributed by atoms with Crippen molar-refractivity contribution in [3.63, 3.8) is 0 Å². The van der Waals surface area contributed by atoms with E-state index >= 15 is 0 Å². The minimum absolute atomic E-state index is 0.0464. The monoisotopic (exact) mass is 401 g/mol. The van der Waals surface area contributed by atoms with Crippen molar-refractivity contribution in [2.75, 3.05) is 6.61 Å². The fourth-order valence-corrected chi connectivity index (χ4v) is 2.77. The first-order valence-electron chi connectivity index (χ1n) is 9.43. The number of rotatable bonds is 7. The number of esters is 2. The topological polar surface area (TPSA) is 94.7 Å². The average Bonchev–Trinajstić information content (AvgIpc) is 2.62. The molecule has 0 fully saturated rings. The fourth-order valence-electron chi connectivity index (χ4n) is 2.77. The van der Waals surface area contributed by atoms with Crippen molar-refractivity contribution < 1.29 is 23.8 Å². The van der Waals surface area contributed by atoms with Gasteiger partial charge in [-0.25, -0.2) is 4.79 Å². The lowest BCUT2D eigenvalue weighted by molar-refractivity contribution is -0.153. The summed E-state index contributed by atoms with van der Waals surface area (Å²) in [6.07, 6.45) is -0.199. The van der Waals surface area contributed by atoms with Crippen molar-refractivity contribution in [3.8, 4) is 5.75 Å². The van der Waals surface area contributed by atoms with E-state index in [0.29, 0.717) is 11.3 Å². The maximum absolute atomic E-state index is 12.7. The Hall–Kier alpha value is -3.09. The number of aryl methyl sites for hydroxylation is 1. The van der Waals surface area contributed by atoms with E-state index in [4.69, 9.17) is 14.2 Å². The molecule has 2 aromatic rings. The Bertz CT molecular complexity index is 925. The summed E-state index contributed by atoms with van der Waals surface area (Å²) in [5.41, 5.74) is 0.251. The minimum atomic E-state index is -0.719. The molecule has 0 spiro atoms. The molecule has 0 unspecified atom stereocenters. The van der Waals surface area contributed by atoms with Gasteiger partial charge in [-0.15, -0.1) is 0 Å². The van der Waals surface area contributed by atoms with Crippen LogP contribution in [0.2, 0.25) is 0 Å². The van der Waals surface area contributed by atoms with Gasteiger partial charge in [0.05, 0.1) is 13.0 Å². The molecule has 0 saturated heterocycles. The molecular weight excluding hydrogens is 374 g/mol. The van der Waals surface area contributed by atoms with Gasteiger partial charge in [0.2, 0.25) is 0 Å². The van der Waals surface area contributed by atoms with Gasteiger partial charge in [-0.1, -0.05) is 30.3 Å². The third kappa shape index (κ3) is 6.20. The summed E-state index contributed by atoms with van der Waals surface area (Å²) < 4.78 is 16.2. The summed E-state index contributed by atoms with van der Waals surface area (Å²) in [6, 6.07) is 9.24. The van der Waals surface area contributed by atoms with Gasteiger partial charge in [0.15, 0.2) is 5.75 Å². The van der Waals surface area contributed by atoms with E-state index in [0.717, 1.165) is 5.56 Å². The van der Waals surface area contributed by atoms with Gasteiger partial charge in [-0.2, -0.15) is 0 Å². The van der Waals surface area contributed by atoms with Crippen LogP contribution in [0.3, 0.4) is 0 Å². The summed E-state index contributed by atoms with van der Waals surface area (Å²) in [5, 5.41) is 0. The van der Waals surface area contributed by atoms with Gasteiger partial charge in [-0.3, -0.25) is 9.59 Å². The molecule has 0 saturated carbocycles. The highest BCUT2D eigenvalue weighted by molar-refractivity contribution is 5.95. The van der Waals surface area contributed by atoms with Crippen LogP contribution in [-0.2, 0) is 27.3 Å². The van der Waals surface area contributed by atoms with E-state index < -0.39 is 23.1 Å². The molecule has 156 valence electrons. The average molecular weight is 401 g/mol. The van der Waals surface area contributed by atoms with E-state index in [1.54, 1.807) is 34.6 Å². The van der Waals surface area contributed by atoms with Crippen LogP contribution in [-0.4, -0.2) is 29.1 Å². The number of benzene rings is 1. The number of hydrogen-bond acceptors (Lipinski definition) is 6. The predicted molar refractivity (Wildman–Crippen MR) is 108 cm³/mol. The fraction of sp³-hybridized carbons (Fsp3) is 0.409. The molecule has 1 aromatic heterocycles. The van der Waals surface area contributed by atoms with Gasteiger partial charge < -0.3 is 19.2 Å². The highest BCUT2D eigenvalue weighted by Crippen LogP contribution is 2.24. The second-order valence-electron chi connectivity index (χ2n) is 7.52. The molecule has 29 heavy (non-hydrogen) atoms. The Morgan fingerprint density at radius 3 is 2.34 bits per heavy atom. The lowest BCUT2D eigenvalue weighted by atomic mass is 10.0. The summed E-state index contributed by atoms with van der Waals surface area (Å²) >= 11 is 0. The highest BCUT2D eigenvalue weighted by atomic mass is 16.6. The largest absolute Gasteiger partial charge is 0.482 e. The summed E-state index contributed by atoms with van der Waals surface area (Å²) in [7, 11) is 0. The lowest BCUT2D eigenvalue weighted by Gasteiger charge is -2.21. The molecule has 0 radical (unpaired) electrons. The van der Waals surface area contributed by atoms with Crippen molar-refractivity contribution in [2.45, 2.75) is 53.2 Å². The molecule has 0 bridgehead atoms. The molecule has 0 aliphatic rings. The smallest absolute Gasteiger partial charge is 0.342 e. The number of hydrogen-bond donors (Lipinski definition) is 1. The quantitative estimate of drug-likeness (QED) is 0.715. The van der Waals surface area contributed by atoms with Crippen LogP contribution < -0.4 is 10.3 Å². The van der Waals surface area contributed by atoms with Crippen LogP contribution in [0.15, 0.2) is 35.1 Å². The van der Waals surface area contributed by atoms with Gasteiger partial charge in [0.25, 0.3) is 5.56 Å². The first-order valence-corrected chi connectivity index (χ1v) is 9.43. The Balaban J connectivity index is 2.46. The van der Waals surface area contributed by atoms with Crippen LogP contribution in [0.5, 0.6) is 5.75 Å². The third-order valence-electron chi connectivity index (χ3n) is 3.94. The number of pyridine rings is 1. The van der Waals surface area contributed by atoms with E-state index in [9.17, 15) is 14.4 Å². The van der Waals surface area contributed by atoms with Crippen molar-refractivity contribution in [3.05, 3.63) is 63.1 Å². The van der Waals surface area contributed by atoms with E-state index in [1.165, 1.54) is 0 Å². The Kier molecular flexibility index (Phi) is 7.20. The van der Waals surface area contributed by atoms with Gasteiger partial charge in [-0.05, 0) is 40.2 Å². The van der Waals surface area contributed by atoms with Crippen molar-refractivity contribution in [1.29, 1.82) is 0 Å². The van der Waals surface area contributed by atoms with Crippen LogP contribution in [0.25, 0.3) is 0 Å². The Morgan fingerprint density at radius 2 is 1.76 bits per heavy atom. The van der Waals surface area contributed by atoms with Gasteiger partial charge in [0, 0.05) is 11.3 Å². The molecule has 1 heterocycles. The summed E-state index contributed by atoms with van der Waals surface area (Å²) in [6.45, 7) is 8.75. The van der Waals surface area contributed by atoms with E-state index in [-0.39, 0.29) is 30.9 Å². The number of ether oxygens (including phenoxy) is 3. The SMILES string of the molecule is CCOC(=O)c1c(CC(=O)OC(C)(C)C)c(C)[nH]c(=O)c1OCc1ccccc1. The van der Waals surface area contributed by atoms with Gasteiger partial charge in [0.1, 0.15) is 17.8 Å². The number of carbonyl (C=O) groups excluding carboxylic acids is 2. The molecule has 0 amide bonds. The number of aromatic nitrogens is 1. The number of nitrogens with one attached hydrogen (secondary N) is 1. The first kappa shape index (κ1) is 22.2. The molecule has 7 heteroatoms. The number of H-pyrrole nitrogens is 1. The molecular formula is C22H27NO6. The maximum Gasteiger partial charge on any atom is 0.342 e. The molecule has 2 rings (SSSR count).